The smallest absolute Gasteiger partial charge is 0.204 e. The Morgan fingerprint density at radius 1 is 0.711 bits per heavy atom. The zero-order chi connectivity index (χ0) is 31.1. The van der Waals surface area contributed by atoms with Gasteiger partial charge in [0.05, 0.1) is 28.4 Å². The predicted molar refractivity (Wildman–Crippen MR) is 173 cm³/mol. The van der Waals surface area contributed by atoms with Crippen molar-refractivity contribution in [1.29, 1.82) is 0 Å². The maximum Gasteiger partial charge on any atom is 0.204 e. The van der Waals surface area contributed by atoms with Crippen molar-refractivity contribution in [2.75, 3.05) is 48.6 Å². The third kappa shape index (κ3) is 5.42. The van der Waals surface area contributed by atoms with Crippen LogP contribution in [0.3, 0.4) is 0 Å². The third-order valence-corrected chi connectivity index (χ3v) is 9.40. The summed E-state index contributed by atoms with van der Waals surface area (Å²) in [4.78, 5) is 2.38. The molecule has 234 valence electrons. The molecule has 4 aromatic carbocycles. The van der Waals surface area contributed by atoms with Crippen molar-refractivity contribution in [3.8, 4) is 46.0 Å². The minimum Gasteiger partial charge on any atom is -0.493 e. The number of ether oxygens (including phenoxy) is 6. The van der Waals surface area contributed by atoms with Crippen molar-refractivity contribution >= 4 is 0 Å². The molecule has 0 radical (unpaired) electrons. The zero-order valence-corrected chi connectivity index (χ0v) is 26.6. The molecule has 2 atom stereocenters. The Balaban J connectivity index is 1.46. The van der Waals surface area contributed by atoms with Crippen molar-refractivity contribution in [2.45, 2.75) is 37.8 Å². The van der Waals surface area contributed by atoms with Gasteiger partial charge in [0.15, 0.2) is 34.5 Å². The highest BCUT2D eigenvalue weighted by molar-refractivity contribution is 5.64. The Hall–Kier alpha value is -4.40. The topological polar surface area (TPSA) is 70.7 Å². The van der Waals surface area contributed by atoms with Crippen molar-refractivity contribution in [2.24, 2.45) is 0 Å². The SMILES string of the molecule is COc1ccc2cc1Oc1ccc(cc1)C[C@@H]1NCCc3cc(OC)c(cc31)Oc1c(OC)c(OC)cc3c1[C@H](C2)N(C)CC3. The Morgan fingerprint density at radius 3 is 2.20 bits per heavy atom. The van der Waals surface area contributed by atoms with Gasteiger partial charge in [0, 0.05) is 24.2 Å². The Morgan fingerprint density at radius 2 is 1.44 bits per heavy atom. The molecule has 0 amide bonds. The van der Waals surface area contributed by atoms with Gasteiger partial charge in [-0.1, -0.05) is 18.2 Å². The fourth-order valence-corrected chi connectivity index (χ4v) is 7.02. The van der Waals surface area contributed by atoms with E-state index in [4.69, 9.17) is 28.4 Å². The molecule has 0 fully saturated rings. The second kappa shape index (κ2) is 12.2. The molecule has 4 heterocycles. The van der Waals surface area contributed by atoms with Gasteiger partial charge in [-0.3, -0.25) is 4.90 Å². The van der Waals surface area contributed by atoms with Crippen LogP contribution in [0.4, 0.5) is 0 Å². The maximum absolute atomic E-state index is 6.98. The third-order valence-electron chi connectivity index (χ3n) is 9.40. The van der Waals surface area contributed by atoms with Gasteiger partial charge in [0.25, 0.3) is 0 Å². The normalized spacial score (nSPS) is 18.9. The van der Waals surface area contributed by atoms with Gasteiger partial charge < -0.3 is 33.7 Å². The number of nitrogens with one attached hydrogen (secondary N) is 1. The number of nitrogens with zero attached hydrogens (tertiary/aromatic N) is 1. The summed E-state index contributed by atoms with van der Waals surface area (Å²) >= 11 is 0. The number of fused-ring (bicyclic) bond motifs is 2. The molecular weight excluding hydrogens is 568 g/mol. The molecule has 8 nitrogen and oxygen atoms in total. The summed E-state index contributed by atoms with van der Waals surface area (Å²) in [6, 6.07) is 21.0. The highest BCUT2D eigenvalue weighted by atomic mass is 16.5. The van der Waals surface area contributed by atoms with E-state index in [9.17, 15) is 0 Å². The monoisotopic (exact) mass is 608 g/mol. The van der Waals surface area contributed by atoms with Crippen LogP contribution in [0.5, 0.6) is 46.0 Å². The van der Waals surface area contributed by atoms with Crippen molar-refractivity contribution < 1.29 is 28.4 Å². The van der Waals surface area contributed by atoms with Crippen LogP contribution in [0.25, 0.3) is 0 Å². The van der Waals surface area contributed by atoms with E-state index in [1.165, 1.54) is 22.3 Å². The van der Waals surface area contributed by atoms with Gasteiger partial charge in [0.2, 0.25) is 5.75 Å². The van der Waals surface area contributed by atoms with Crippen molar-refractivity contribution in [3.05, 3.63) is 94.0 Å². The lowest BCUT2D eigenvalue weighted by molar-refractivity contribution is 0.221. The first-order chi connectivity index (χ1) is 22.0. The van der Waals surface area contributed by atoms with Gasteiger partial charge in [-0.15, -0.1) is 0 Å². The standard InChI is InChI=1S/C37H40N2O6/c1-39-15-13-25-20-34(42-4)36(43-5)37-35(25)29(39)17-23-8-11-30(40-2)32(18-23)44-26-9-6-22(7-10-26)16-28-27-21-33(45-37)31(41-3)19-24(27)12-14-38-28/h6-11,18-21,28-29,38H,12-17H2,1-5H3/t28-,29-/m0/s1. The first-order valence-corrected chi connectivity index (χ1v) is 15.5. The average molecular weight is 609 g/mol. The minimum absolute atomic E-state index is 0.000931. The number of likely N-dealkylation sites (N-methyl/N-ethyl adjacent to an activating group) is 1. The molecule has 0 aliphatic carbocycles. The molecular formula is C37H40N2O6. The lowest BCUT2D eigenvalue weighted by Gasteiger charge is -2.37. The molecule has 1 N–H and O–H groups in total. The Bertz CT molecular complexity index is 1720. The summed E-state index contributed by atoms with van der Waals surface area (Å²) in [7, 11) is 8.88. The van der Waals surface area contributed by atoms with Crippen LogP contribution in [0, 0.1) is 0 Å². The number of benzene rings is 4. The first-order valence-electron chi connectivity index (χ1n) is 15.5. The molecule has 0 unspecified atom stereocenters. The van der Waals surface area contributed by atoms with Crippen LogP contribution in [0.1, 0.15) is 45.5 Å². The highest BCUT2D eigenvalue weighted by Gasteiger charge is 2.34. The Kier molecular flexibility index (Phi) is 7.94. The van der Waals surface area contributed by atoms with Crippen LogP contribution >= 0.6 is 0 Å². The van der Waals surface area contributed by atoms with E-state index in [1.807, 2.05) is 18.2 Å². The van der Waals surface area contributed by atoms with Crippen LogP contribution < -0.4 is 33.7 Å². The summed E-state index contributed by atoms with van der Waals surface area (Å²) in [5, 5.41) is 3.74. The molecule has 0 aromatic heterocycles. The lowest BCUT2D eigenvalue weighted by Crippen LogP contribution is -2.34. The summed E-state index contributed by atoms with van der Waals surface area (Å²) in [5.41, 5.74) is 7.07. The van der Waals surface area contributed by atoms with E-state index in [2.05, 4.69) is 59.7 Å². The molecule has 4 aromatic rings. The Labute approximate surface area is 264 Å². The molecule has 0 saturated heterocycles. The number of methoxy groups -OCH3 is 4. The molecule has 8 heteroatoms. The number of hydrogen-bond acceptors (Lipinski definition) is 8. The summed E-state index contributed by atoms with van der Waals surface area (Å²) < 4.78 is 36.9. The number of rotatable bonds is 4. The van der Waals surface area contributed by atoms with E-state index < -0.39 is 0 Å². The van der Waals surface area contributed by atoms with Gasteiger partial charge in [-0.05, 0) is 110 Å². The van der Waals surface area contributed by atoms with Gasteiger partial charge in [-0.2, -0.15) is 0 Å². The lowest BCUT2D eigenvalue weighted by atomic mass is 9.87. The molecule has 0 spiro atoms. The van der Waals surface area contributed by atoms with E-state index in [1.54, 1.807) is 28.4 Å². The highest BCUT2D eigenvalue weighted by Crippen LogP contribution is 2.51. The van der Waals surface area contributed by atoms with Crippen molar-refractivity contribution in [1.82, 2.24) is 10.2 Å². The quantitative estimate of drug-likeness (QED) is 0.271. The molecule has 45 heavy (non-hydrogen) atoms. The largest absolute Gasteiger partial charge is 0.493 e. The van der Waals surface area contributed by atoms with E-state index in [-0.39, 0.29) is 12.1 Å². The van der Waals surface area contributed by atoms with Crippen molar-refractivity contribution in [3.63, 3.8) is 0 Å². The van der Waals surface area contributed by atoms with Gasteiger partial charge >= 0.3 is 0 Å². The van der Waals surface area contributed by atoms with Gasteiger partial charge in [0.1, 0.15) is 5.75 Å². The maximum atomic E-state index is 6.98. The first kappa shape index (κ1) is 29.3. The average Bonchev–Trinajstić information content (AvgIpc) is 3.06. The summed E-state index contributed by atoms with van der Waals surface area (Å²) in [6.07, 6.45) is 3.32. The zero-order valence-electron chi connectivity index (χ0n) is 26.6. The minimum atomic E-state index is 0.000931. The van der Waals surface area contributed by atoms with Crippen LogP contribution in [-0.2, 0) is 25.7 Å². The molecule has 4 aliphatic rings. The second-order valence-corrected chi connectivity index (χ2v) is 12.0. The van der Waals surface area contributed by atoms with Crippen LogP contribution in [-0.4, -0.2) is 53.5 Å². The molecule has 0 saturated carbocycles. The molecule has 8 rings (SSSR count). The van der Waals surface area contributed by atoms with Crippen LogP contribution in [0.15, 0.2) is 60.7 Å². The fourth-order valence-electron chi connectivity index (χ4n) is 7.02. The summed E-state index contributed by atoms with van der Waals surface area (Å²) in [6.45, 7) is 1.79. The number of hydrogen-bond donors (Lipinski definition) is 1. The predicted octanol–water partition coefficient (Wildman–Crippen LogP) is 6.82. The van der Waals surface area contributed by atoms with Gasteiger partial charge in [-0.25, -0.2) is 0 Å². The summed E-state index contributed by atoms with van der Waals surface area (Å²) in [5.74, 6) is 5.37. The molecule has 6 bridgehead atoms. The second-order valence-electron chi connectivity index (χ2n) is 12.0. The van der Waals surface area contributed by atoms with E-state index >= 15 is 0 Å². The fraction of sp³-hybridized carbons (Fsp3) is 0.351. The van der Waals surface area contributed by atoms with E-state index in [0.29, 0.717) is 40.2 Å². The van der Waals surface area contributed by atoms with E-state index in [0.717, 1.165) is 55.6 Å². The molecule has 4 aliphatic heterocycles. The van der Waals surface area contributed by atoms with Crippen LogP contribution in [0.2, 0.25) is 0 Å².